The number of nitrogens with one attached hydrogen (secondary N) is 1. The Balaban J connectivity index is 1.61. The molecule has 2 aromatic carbocycles. The van der Waals surface area contributed by atoms with E-state index in [1.165, 1.54) is 11.8 Å². The van der Waals surface area contributed by atoms with E-state index < -0.39 is 0 Å². The number of hydrogen-bond acceptors (Lipinski definition) is 5. The molecule has 6 nitrogen and oxygen atoms in total. The van der Waals surface area contributed by atoms with Gasteiger partial charge in [-0.1, -0.05) is 47.6 Å². The van der Waals surface area contributed by atoms with Gasteiger partial charge in [-0.2, -0.15) is 0 Å². The van der Waals surface area contributed by atoms with Crippen LogP contribution in [-0.2, 0) is 11.3 Å². The number of fused-ring (bicyclic) bond motifs is 1. The van der Waals surface area contributed by atoms with Crippen LogP contribution >= 0.6 is 23.4 Å². The van der Waals surface area contributed by atoms with E-state index in [-0.39, 0.29) is 17.2 Å². The lowest BCUT2D eigenvalue weighted by molar-refractivity contribution is -0.113. The summed E-state index contributed by atoms with van der Waals surface area (Å²) >= 11 is 7.18. The van der Waals surface area contributed by atoms with Crippen molar-refractivity contribution in [2.24, 2.45) is 0 Å². The smallest absolute Gasteiger partial charge is 0.262 e. The first-order valence-electron chi connectivity index (χ1n) is 9.17. The quantitative estimate of drug-likeness (QED) is 0.361. The van der Waals surface area contributed by atoms with Gasteiger partial charge in [0.15, 0.2) is 5.16 Å². The summed E-state index contributed by atoms with van der Waals surface area (Å²) in [5.41, 5.74) is 1.94. The number of aromatic nitrogens is 3. The number of hydrogen-bond donors (Lipinski definition) is 1. The number of halogens is 1. The molecular weight excluding hydrogens is 420 g/mol. The molecule has 150 valence electrons. The first kappa shape index (κ1) is 20.1. The van der Waals surface area contributed by atoms with Crippen LogP contribution in [0.4, 0.5) is 5.69 Å². The molecule has 0 radical (unpaired) electrons. The molecule has 0 fully saturated rings. The minimum Gasteiger partial charge on any atom is -0.325 e. The number of thioether (sulfide) groups is 1. The van der Waals surface area contributed by atoms with E-state index in [9.17, 15) is 9.59 Å². The van der Waals surface area contributed by atoms with Gasteiger partial charge in [-0.15, -0.1) is 0 Å². The summed E-state index contributed by atoms with van der Waals surface area (Å²) in [5.74, 6) is -0.109. The molecule has 0 aliphatic carbocycles. The maximum atomic E-state index is 13.1. The van der Waals surface area contributed by atoms with E-state index in [1.807, 2.05) is 24.3 Å². The second-order valence-corrected chi connectivity index (χ2v) is 7.89. The summed E-state index contributed by atoms with van der Waals surface area (Å²) in [5, 5.41) is 4.36. The number of benzene rings is 2. The van der Waals surface area contributed by atoms with Crippen LogP contribution in [0.1, 0.15) is 5.56 Å². The highest BCUT2D eigenvalue weighted by Crippen LogP contribution is 2.20. The number of anilines is 1. The van der Waals surface area contributed by atoms with Crippen molar-refractivity contribution < 1.29 is 4.79 Å². The molecular formula is C22H17ClN4O2S. The number of amides is 1. The molecule has 4 aromatic rings. The molecule has 2 heterocycles. The molecule has 0 spiro atoms. The molecule has 0 aliphatic heterocycles. The average Bonchev–Trinajstić information content (AvgIpc) is 2.75. The van der Waals surface area contributed by atoms with Crippen molar-refractivity contribution in [2.45, 2.75) is 11.7 Å². The number of para-hydroxylation sites is 1. The fraction of sp³-hybridized carbons (Fsp3) is 0.0909. The third-order valence-electron chi connectivity index (χ3n) is 4.33. The molecule has 1 N–H and O–H groups in total. The zero-order valence-electron chi connectivity index (χ0n) is 15.8. The molecule has 30 heavy (non-hydrogen) atoms. The van der Waals surface area contributed by atoms with E-state index >= 15 is 0 Å². The Morgan fingerprint density at radius 2 is 1.97 bits per heavy atom. The topological polar surface area (TPSA) is 76.9 Å². The molecule has 0 saturated heterocycles. The summed E-state index contributed by atoms with van der Waals surface area (Å²) in [7, 11) is 0. The highest BCUT2D eigenvalue weighted by Gasteiger charge is 2.14. The highest BCUT2D eigenvalue weighted by atomic mass is 35.5. The van der Waals surface area contributed by atoms with E-state index in [4.69, 9.17) is 11.6 Å². The predicted octanol–water partition coefficient (Wildman–Crippen LogP) is 4.22. The van der Waals surface area contributed by atoms with E-state index in [0.717, 1.165) is 5.56 Å². The number of nitrogens with zero attached hydrogens (tertiary/aromatic N) is 3. The van der Waals surface area contributed by atoms with Gasteiger partial charge in [0.05, 0.1) is 23.2 Å². The summed E-state index contributed by atoms with van der Waals surface area (Å²) in [6.07, 6.45) is 3.39. The van der Waals surface area contributed by atoms with Crippen LogP contribution < -0.4 is 10.9 Å². The fourth-order valence-corrected chi connectivity index (χ4v) is 3.95. The largest absolute Gasteiger partial charge is 0.325 e. The highest BCUT2D eigenvalue weighted by molar-refractivity contribution is 7.99. The van der Waals surface area contributed by atoms with Crippen LogP contribution in [0.3, 0.4) is 0 Å². The van der Waals surface area contributed by atoms with Gasteiger partial charge in [-0.25, -0.2) is 4.98 Å². The lowest BCUT2D eigenvalue weighted by atomic mass is 10.2. The summed E-state index contributed by atoms with van der Waals surface area (Å²) < 4.78 is 1.58. The van der Waals surface area contributed by atoms with Crippen LogP contribution in [0.2, 0.25) is 5.02 Å². The Morgan fingerprint density at radius 1 is 1.10 bits per heavy atom. The summed E-state index contributed by atoms with van der Waals surface area (Å²) in [6.45, 7) is 0.322. The number of carbonyl (C=O) groups excluding carboxylic acids is 1. The molecule has 8 heteroatoms. The predicted molar refractivity (Wildman–Crippen MR) is 120 cm³/mol. The third-order valence-corrected chi connectivity index (χ3v) is 5.54. The van der Waals surface area contributed by atoms with Gasteiger partial charge >= 0.3 is 0 Å². The molecule has 0 bridgehead atoms. The average molecular weight is 437 g/mol. The van der Waals surface area contributed by atoms with E-state index in [0.29, 0.717) is 33.3 Å². The third kappa shape index (κ3) is 4.69. The van der Waals surface area contributed by atoms with Crippen molar-refractivity contribution in [3.8, 4) is 0 Å². The second kappa shape index (κ2) is 9.11. The molecule has 2 aromatic heterocycles. The summed E-state index contributed by atoms with van der Waals surface area (Å²) in [6, 6.07) is 17.9. The van der Waals surface area contributed by atoms with Crippen LogP contribution in [0, 0.1) is 0 Å². The van der Waals surface area contributed by atoms with Crippen molar-refractivity contribution in [3.05, 3.63) is 94.0 Å². The monoisotopic (exact) mass is 436 g/mol. The Bertz CT molecular complexity index is 1260. The minimum absolute atomic E-state index is 0.102. The van der Waals surface area contributed by atoms with Gasteiger partial charge in [0, 0.05) is 23.1 Å². The van der Waals surface area contributed by atoms with Gasteiger partial charge in [0.25, 0.3) is 5.56 Å². The van der Waals surface area contributed by atoms with Crippen molar-refractivity contribution in [1.82, 2.24) is 14.5 Å². The standard InChI is InChI=1S/C22H17ClN4O2S/c23-16-6-3-7-17(11-16)25-20(28)14-30-22-26-19-9-2-1-8-18(19)21(29)27(22)13-15-5-4-10-24-12-15/h1-12H,13-14H2,(H,25,28). The number of carbonyl (C=O) groups is 1. The first-order chi connectivity index (χ1) is 14.6. The van der Waals surface area contributed by atoms with Crippen molar-refractivity contribution >= 4 is 45.9 Å². The summed E-state index contributed by atoms with van der Waals surface area (Å²) in [4.78, 5) is 34.3. The van der Waals surface area contributed by atoms with Gasteiger partial charge in [0.1, 0.15) is 0 Å². The molecule has 0 saturated carbocycles. The van der Waals surface area contributed by atoms with Gasteiger partial charge in [0.2, 0.25) is 5.91 Å². The van der Waals surface area contributed by atoms with Gasteiger partial charge in [-0.05, 0) is 42.0 Å². The van der Waals surface area contributed by atoms with Crippen LogP contribution in [-0.4, -0.2) is 26.2 Å². The normalized spacial score (nSPS) is 10.8. The SMILES string of the molecule is O=C(CSc1nc2ccccc2c(=O)n1Cc1cccnc1)Nc1cccc(Cl)c1. The second-order valence-electron chi connectivity index (χ2n) is 6.51. The lowest BCUT2D eigenvalue weighted by Crippen LogP contribution is -2.25. The molecule has 0 unspecified atom stereocenters. The van der Waals surface area contributed by atoms with Gasteiger partial charge < -0.3 is 5.32 Å². The minimum atomic E-state index is -0.211. The Labute approximate surface area is 181 Å². The lowest BCUT2D eigenvalue weighted by Gasteiger charge is -2.13. The molecule has 4 rings (SSSR count). The zero-order valence-corrected chi connectivity index (χ0v) is 17.4. The van der Waals surface area contributed by atoms with Crippen LogP contribution in [0.25, 0.3) is 10.9 Å². The van der Waals surface area contributed by atoms with Crippen LogP contribution in [0.15, 0.2) is 83.0 Å². The Morgan fingerprint density at radius 3 is 2.77 bits per heavy atom. The number of rotatable bonds is 6. The molecule has 0 atom stereocenters. The molecule has 1 amide bonds. The van der Waals surface area contributed by atoms with Crippen LogP contribution in [0.5, 0.6) is 0 Å². The van der Waals surface area contributed by atoms with Crippen molar-refractivity contribution in [1.29, 1.82) is 0 Å². The van der Waals surface area contributed by atoms with E-state index in [2.05, 4.69) is 15.3 Å². The number of pyridine rings is 1. The van der Waals surface area contributed by atoms with E-state index in [1.54, 1.807) is 53.4 Å². The maximum Gasteiger partial charge on any atom is 0.262 e. The van der Waals surface area contributed by atoms with Crippen molar-refractivity contribution in [2.75, 3.05) is 11.1 Å². The first-order valence-corrected chi connectivity index (χ1v) is 10.5. The maximum absolute atomic E-state index is 13.1. The van der Waals surface area contributed by atoms with Gasteiger partial charge in [-0.3, -0.25) is 19.1 Å². The fourth-order valence-electron chi connectivity index (χ4n) is 2.96. The Hall–Kier alpha value is -3.16. The van der Waals surface area contributed by atoms with Crippen molar-refractivity contribution in [3.63, 3.8) is 0 Å². The zero-order chi connectivity index (χ0) is 20.9. The molecule has 0 aliphatic rings. The Kier molecular flexibility index (Phi) is 6.11.